The number of ether oxygens (including phenoxy) is 4. The van der Waals surface area contributed by atoms with Crippen LogP contribution in [0.3, 0.4) is 0 Å². The van der Waals surface area contributed by atoms with Crippen molar-refractivity contribution in [2.75, 3.05) is 47.1 Å². The molecule has 1 N–H and O–H groups in total. The molecule has 9 aromatic rings. The van der Waals surface area contributed by atoms with E-state index in [-0.39, 0.29) is 44.2 Å². The van der Waals surface area contributed by atoms with Crippen LogP contribution >= 0.6 is 8.53 Å². The Bertz CT molecular complexity index is 3780. The maximum atomic E-state index is 14.1. The topological polar surface area (TPSA) is 158 Å². The summed E-state index contributed by atoms with van der Waals surface area (Å²) in [5, 5.41) is 19.2. The average Bonchev–Trinajstić information content (AvgIpc) is 0.999. The molecule has 0 saturated carbocycles. The van der Waals surface area contributed by atoms with Crippen LogP contribution < -0.4 is 14.8 Å². The van der Waals surface area contributed by atoms with Crippen LogP contribution in [-0.4, -0.2) is 108 Å². The molecule has 1 saturated heterocycles. The van der Waals surface area contributed by atoms with Crippen LogP contribution in [-0.2, 0) is 24.1 Å². The molecular weight excluding hydrogens is 1100 g/mol. The maximum Gasteiger partial charge on any atom is 0.259 e. The lowest BCUT2D eigenvalue weighted by Crippen LogP contribution is -2.39. The first-order valence-electron chi connectivity index (χ1n) is 30.0. The van der Waals surface area contributed by atoms with Crippen LogP contribution in [0.2, 0.25) is 0 Å². The van der Waals surface area contributed by atoms with Crippen LogP contribution in [0.1, 0.15) is 119 Å². The van der Waals surface area contributed by atoms with E-state index in [2.05, 4.69) is 123 Å². The molecule has 0 radical (unpaired) electrons. The summed E-state index contributed by atoms with van der Waals surface area (Å²) >= 11 is 0. The first-order valence-corrected chi connectivity index (χ1v) is 31.1. The second-order valence-corrected chi connectivity index (χ2v) is 23.6. The highest BCUT2D eigenvalue weighted by Gasteiger charge is 2.45. The van der Waals surface area contributed by atoms with Gasteiger partial charge in [-0.15, -0.1) is 0 Å². The highest BCUT2D eigenvalue weighted by atomic mass is 31.2. The van der Waals surface area contributed by atoms with Gasteiger partial charge in [0.2, 0.25) is 0 Å². The zero-order valence-electron chi connectivity index (χ0n) is 50.5. The minimum Gasteiger partial charge on any atom is -0.497 e. The zero-order chi connectivity index (χ0) is 60.2. The third-order valence-electron chi connectivity index (χ3n) is 15.9. The van der Waals surface area contributed by atoms with E-state index >= 15 is 0 Å². The quantitative estimate of drug-likeness (QED) is 0.00990. The Labute approximate surface area is 506 Å². The van der Waals surface area contributed by atoms with Crippen molar-refractivity contribution in [1.29, 1.82) is 5.26 Å². The number of carbonyl (C=O) groups is 1. The van der Waals surface area contributed by atoms with Crippen LogP contribution in [0.15, 0.2) is 151 Å². The molecule has 16 heteroatoms. The highest BCUT2D eigenvalue weighted by Crippen LogP contribution is 2.51. The molecule has 0 bridgehead atoms. The van der Waals surface area contributed by atoms with Gasteiger partial charge in [-0.2, -0.15) is 5.26 Å². The number of unbranched alkanes of at least 4 members (excludes halogenated alkanes) is 2. The summed E-state index contributed by atoms with van der Waals surface area (Å²) in [5.74, 6) is 8.29. The van der Waals surface area contributed by atoms with Crippen LogP contribution in [0.4, 0.5) is 5.82 Å². The number of fused-ring (bicyclic) bond motifs is 1. The molecule has 1 aliphatic rings. The molecule has 444 valence electrons. The fourth-order valence-electron chi connectivity index (χ4n) is 11.6. The number of rotatable bonds is 27. The number of nitrogens with zero attached hydrogens (tertiary/aromatic N) is 7. The molecule has 1 aliphatic heterocycles. The monoisotopic (exact) mass is 1170 g/mol. The summed E-state index contributed by atoms with van der Waals surface area (Å²) in [6.07, 6.45) is 8.21. The van der Waals surface area contributed by atoms with E-state index in [9.17, 15) is 10.1 Å². The molecule has 1 fully saturated rings. The number of pyridine rings is 1. The van der Waals surface area contributed by atoms with Gasteiger partial charge in [-0.25, -0.2) is 19.6 Å². The van der Waals surface area contributed by atoms with Crippen molar-refractivity contribution in [2.45, 2.75) is 116 Å². The molecule has 4 atom stereocenters. The van der Waals surface area contributed by atoms with E-state index in [1.807, 2.05) is 95.8 Å². The molecule has 2 aromatic heterocycles. The molecule has 3 heterocycles. The summed E-state index contributed by atoms with van der Waals surface area (Å²) in [4.78, 5) is 31.4. The van der Waals surface area contributed by atoms with Crippen molar-refractivity contribution in [3.63, 3.8) is 0 Å². The number of aliphatic imine (C=N–C) groups is 1. The van der Waals surface area contributed by atoms with Crippen LogP contribution in [0, 0.1) is 23.2 Å². The predicted molar refractivity (Wildman–Crippen MR) is 343 cm³/mol. The second-order valence-electron chi connectivity index (χ2n) is 22.2. The van der Waals surface area contributed by atoms with E-state index < -0.39 is 32.6 Å². The van der Waals surface area contributed by atoms with E-state index in [0.717, 1.165) is 87.8 Å². The van der Waals surface area contributed by atoms with Gasteiger partial charge in [-0.1, -0.05) is 142 Å². The molecule has 1 amide bonds. The van der Waals surface area contributed by atoms with Gasteiger partial charge in [0, 0.05) is 43.4 Å². The number of hydrogen-bond donors (Lipinski definition) is 1. The molecular formula is C70H77N8O7P. The van der Waals surface area contributed by atoms with Gasteiger partial charge in [0.25, 0.3) is 14.4 Å². The van der Waals surface area contributed by atoms with E-state index in [1.165, 1.54) is 0 Å². The predicted octanol–water partition coefficient (Wildman–Crippen LogP) is 14.6. The lowest BCUT2D eigenvalue weighted by Gasteiger charge is -2.39. The molecule has 0 aliphatic carbocycles. The normalized spacial score (nSPS) is 15.8. The number of aromatic nitrogens is 3. The molecule has 86 heavy (non-hydrogen) atoms. The van der Waals surface area contributed by atoms with Gasteiger partial charge >= 0.3 is 0 Å². The van der Waals surface area contributed by atoms with Gasteiger partial charge in [-0.3, -0.25) is 4.79 Å². The Morgan fingerprint density at radius 2 is 1.44 bits per heavy atom. The van der Waals surface area contributed by atoms with Gasteiger partial charge in [-0.05, 0) is 120 Å². The molecule has 10 rings (SSSR count). The van der Waals surface area contributed by atoms with Crippen LogP contribution in [0.5, 0.6) is 11.5 Å². The number of amides is 1. The van der Waals surface area contributed by atoms with Gasteiger partial charge < -0.3 is 42.8 Å². The van der Waals surface area contributed by atoms with Crippen molar-refractivity contribution in [3.05, 3.63) is 174 Å². The summed E-state index contributed by atoms with van der Waals surface area (Å²) in [6.45, 7) is 14.9. The number of nitrogens with one attached hydrogen (secondary N) is 1. The molecule has 15 nitrogen and oxygen atoms in total. The number of methoxy groups -OCH3 is 2. The van der Waals surface area contributed by atoms with Crippen molar-refractivity contribution in [3.8, 4) is 29.4 Å². The Kier molecular flexibility index (Phi) is 20.2. The number of nitriles is 1. The first-order chi connectivity index (χ1) is 42.0. The number of hydrogen-bond acceptors (Lipinski definition) is 12. The summed E-state index contributed by atoms with van der Waals surface area (Å²) < 4.78 is 44.3. The fraction of sp³-hybridized carbons (Fsp3) is 0.357. The van der Waals surface area contributed by atoms with Crippen LogP contribution in [0.25, 0.3) is 43.4 Å². The van der Waals surface area contributed by atoms with Crippen molar-refractivity contribution < 1.29 is 32.8 Å². The first kappa shape index (κ1) is 61.1. The second kappa shape index (κ2) is 28.5. The Hall–Kier alpha value is -7.98. The van der Waals surface area contributed by atoms with Gasteiger partial charge in [0.15, 0.2) is 5.82 Å². The Balaban J connectivity index is 1.04. The highest BCUT2D eigenvalue weighted by molar-refractivity contribution is 7.44. The molecule has 7 aromatic carbocycles. The average molecular weight is 1170 g/mol. The third-order valence-corrected chi connectivity index (χ3v) is 18.0. The number of carbonyl (C=O) groups excluding carboxylic acids is 1. The van der Waals surface area contributed by atoms with Gasteiger partial charge in [0.05, 0.1) is 76.3 Å². The fourth-order valence-corrected chi connectivity index (χ4v) is 13.4. The molecule has 0 spiro atoms. The SMILES string of the molecule is CCCCN(C=Nc1ncc(C#CCNC(=O)c2ccc3ccc4cccc5ccc2c3c45)c2c1ncn2[C@H]1C[C@H](OP(OCCC#N)N(C(C)C)C(C)C)[C@@H](COC(c2ccccc2)(c2ccc(OC)cc2)c2ccc(OC)cc2)O1)CCCC. The van der Waals surface area contributed by atoms with E-state index in [4.69, 9.17) is 43.0 Å². The van der Waals surface area contributed by atoms with Crippen molar-refractivity contribution in [1.82, 2.24) is 29.4 Å². The Morgan fingerprint density at radius 1 is 0.814 bits per heavy atom. The van der Waals surface area contributed by atoms with Gasteiger partial charge in [0.1, 0.15) is 34.9 Å². The summed E-state index contributed by atoms with van der Waals surface area (Å²) in [7, 11) is 1.58. The lowest BCUT2D eigenvalue weighted by atomic mass is 9.80. The zero-order valence-corrected chi connectivity index (χ0v) is 51.4. The third kappa shape index (κ3) is 13.2. The number of benzene rings is 7. The largest absolute Gasteiger partial charge is 0.497 e. The Morgan fingerprint density at radius 3 is 2.07 bits per heavy atom. The summed E-state index contributed by atoms with van der Waals surface area (Å²) in [5.41, 5.74) is 3.86. The minimum absolute atomic E-state index is 0.0441. The minimum atomic E-state index is -1.73. The molecule has 1 unspecified atom stereocenters. The van der Waals surface area contributed by atoms with Crippen molar-refractivity contribution in [2.24, 2.45) is 4.99 Å². The lowest BCUT2D eigenvalue weighted by molar-refractivity contribution is -0.0911. The maximum absolute atomic E-state index is 14.1. The van der Waals surface area contributed by atoms with E-state index in [0.29, 0.717) is 45.9 Å². The smallest absolute Gasteiger partial charge is 0.259 e. The van der Waals surface area contributed by atoms with E-state index in [1.54, 1.807) is 26.7 Å². The van der Waals surface area contributed by atoms with Crippen molar-refractivity contribution >= 4 is 69.9 Å². The standard InChI is InChI=1S/C70H77N8O7P/c1-9-11-40-76(41-12-10-2)46-75-68-66-67(53(44-73-68)21-17-39-72-69(79)60-37-27-52-25-24-50-19-16-20-51-26-36-59(60)65(52)64(50)51)77(47-74-66)63-43-61(85-86(83-42-18-38-71)78(48(3)4)49(5)6)62(84-63)45-82-70(54-22-14-13-15-23-54,55-28-32-57(80-7)33-29-55)56-30-34-58(81-8)35-31-56/h13-16,19-20,22-37,44,46-49,61-63H,9-12,18,39-43,45H2,1-8H3,(H,72,79)/t61-,62+,63+,86?/m0/s1. The summed E-state index contributed by atoms with van der Waals surface area (Å²) in [6, 6.07) is 47.0. The number of imidazole rings is 1.